The molecule has 6 heteroatoms. The number of aromatic amines is 1. The fourth-order valence-corrected chi connectivity index (χ4v) is 3.59. The van der Waals surface area contributed by atoms with Crippen molar-refractivity contribution in [1.29, 1.82) is 0 Å². The minimum atomic E-state index is -0.896. The lowest BCUT2D eigenvalue weighted by Gasteiger charge is -2.12. The molecule has 3 aromatic heterocycles. The van der Waals surface area contributed by atoms with Gasteiger partial charge in [0.15, 0.2) is 11.6 Å². The van der Waals surface area contributed by atoms with Gasteiger partial charge in [-0.15, -0.1) is 0 Å². The van der Waals surface area contributed by atoms with E-state index >= 15 is 0 Å². The van der Waals surface area contributed by atoms with Crippen LogP contribution in [0.2, 0.25) is 0 Å². The molecule has 0 aliphatic heterocycles. The molecular formula is C23H16F2N4. The van der Waals surface area contributed by atoms with E-state index < -0.39 is 11.6 Å². The maximum atomic E-state index is 13.9. The number of aromatic nitrogens is 4. The van der Waals surface area contributed by atoms with E-state index in [2.05, 4.69) is 15.0 Å². The van der Waals surface area contributed by atoms with Gasteiger partial charge in [0.05, 0.1) is 17.7 Å². The van der Waals surface area contributed by atoms with Crippen LogP contribution in [0, 0.1) is 11.6 Å². The third-order valence-corrected chi connectivity index (χ3v) is 4.94. The zero-order chi connectivity index (χ0) is 19.8. The summed E-state index contributed by atoms with van der Waals surface area (Å²) >= 11 is 0. The van der Waals surface area contributed by atoms with Crippen molar-refractivity contribution in [3.8, 4) is 22.5 Å². The molecule has 0 amide bonds. The Balaban J connectivity index is 1.74. The van der Waals surface area contributed by atoms with E-state index in [9.17, 15) is 8.78 Å². The van der Waals surface area contributed by atoms with Crippen molar-refractivity contribution in [2.24, 2.45) is 0 Å². The van der Waals surface area contributed by atoms with Gasteiger partial charge in [-0.3, -0.25) is 0 Å². The Morgan fingerprint density at radius 1 is 0.897 bits per heavy atom. The maximum Gasteiger partial charge on any atom is 0.159 e. The van der Waals surface area contributed by atoms with Crippen LogP contribution in [0.4, 0.5) is 8.78 Å². The van der Waals surface area contributed by atoms with Crippen LogP contribution in [0.3, 0.4) is 0 Å². The van der Waals surface area contributed by atoms with Crippen LogP contribution in [0.15, 0.2) is 79.4 Å². The Labute approximate surface area is 165 Å². The fraction of sp³-hybridized carbons (Fsp3) is 0.0435. The first kappa shape index (κ1) is 17.3. The molecule has 0 aliphatic rings. The van der Waals surface area contributed by atoms with E-state index in [1.165, 1.54) is 6.07 Å². The molecule has 3 heterocycles. The van der Waals surface area contributed by atoms with Crippen LogP contribution in [-0.4, -0.2) is 19.5 Å². The van der Waals surface area contributed by atoms with Gasteiger partial charge in [-0.05, 0) is 35.9 Å². The Hall–Kier alpha value is -3.80. The topological polar surface area (TPSA) is 46.5 Å². The number of hydrogen-bond donors (Lipinski definition) is 1. The van der Waals surface area contributed by atoms with Crippen molar-refractivity contribution < 1.29 is 8.78 Å². The molecule has 5 aromatic rings. The first-order valence-electron chi connectivity index (χ1n) is 9.17. The molecule has 0 saturated heterocycles. The smallest absolute Gasteiger partial charge is 0.159 e. The van der Waals surface area contributed by atoms with E-state index in [0.29, 0.717) is 17.8 Å². The first-order valence-corrected chi connectivity index (χ1v) is 9.17. The van der Waals surface area contributed by atoms with Gasteiger partial charge in [0.1, 0.15) is 5.65 Å². The molecule has 0 spiro atoms. The van der Waals surface area contributed by atoms with E-state index in [4.69, 9.17) is 0 Å². The molecule has 1 N–H and O–H groups in total. The highest BCUT2D eigenvalue weighted by atomic mass is 19.2. The standard InChI is InChI=1S/C23H16F2N4/c24-19-7-6-16(12-20(19)25)21-22(17-8-10-26-23-18(17)9-11-27-23)29(14-28-21)13-15-4-2-1-3-5-15/h1-12,14H,13H2,(H,26,27). The van der Waals surface area contributed by atoms with E-state index in [1.807, 2.05) is 53.2 Å². The Bertz CT molecular complexity index is 1310. The molecule has 2 aromatic carbocycles. The van der Waals surface area contributed by atoms with Gasteiger partial charge in [-0.2, -0.15) is 0 Å². The predicted octanol–water partition coefficient (Wildman–Crippen LogP) is 5.42. The number of pyridine rings is 1. The highest BCUT2D eigenvalue weighted by molar-refractivity contribution is 5.95. The molecule has 0 unspecified atom stereocenters. The molecular weight excluding hydrogens is 370 g/mol. The van der Waals surface area contributed by atoms with E-state index in [-0.39, 0.29) is 0 Å². The summed E-state index contributed by atoms with van der Waals surface area (Å²) < 4.78 is 29.4. The molecule has 29 heavy (non-hydrogen) atoms. The third-order valence-electron chi connectivity index (χ3n) is 4.94. The second-order valence-corrected chi connectivity index (χ2v) is 6.78. The molecule has 142 valence electrons. The van der Waals surface area contributed by atoms with Crippen molar-refractivity contribution in [2.45, 2.75) is 6.54 Å². The number of fused-ring (bicyclic) bond motifs is 1. The molecule has 0 bridgehead atoms. The van der Waals surface area contributed by atoms with Crippen molar-refractivity contribution in [1.82, 2.24) is 19.5 Å². The SMILES string of the molecule is Fc1ccc(-c2ncn(Cc3ccccc3)c2-c2ccnc3[nH]ccc23)cc1F. The zero-order valence-corrected chi connectivity index (χ0v) is 15.3. The minimum Gasteiger partial charge on any atom is -0.346 e. The Morgan fingerprint density at radius 3 is 2.59 bits per heavy atom. The van der Waals surface area contributed by atoms with Gasteiger partial charge < -0.3 is 9.55 Å². The molecule has 4 nitrogen and oxygen atoms in total. The number of H-pyrrole nitrogens is 1. The lowest BCUT2D eigenvalue weighted by atomic mass is 10.0. The summed E-state index contributed by atoms with van der Waals surface area (Å²) in [4.78, 5) is 12.0. The molecule has 5 rings (SSSR count). The number of imidazole rings is 1. The second-order valence-electron chi connectivity index (χ2n) is 6.78. The van der Waals surface area contributed by atoms with Gasteiger partial charge in [0, 0.05) is 35.5 Å². The summed E-state index contributed by atoms with van der Waals surface area (Å²) in [6, 6.07) is 17.7. The van der Waals surface area contributed by atoms with Crippen LogP contribution in [-0.2, 0) is 6.54 Å². The maximum absolute atomic E-state index is 13.9. The number of halogens is 2. The van der Waals surface area contributed by atoms with Crippen LogP contribution in [0.1, 0.15) is 5.56 Å². The van der Waals surface area contributed by atoms with Crippen LogP contribution in [0.5, 0.6) is 0 Å². The summed E-state index contributed by atoms with van der Waals surface area (Å²) in [5.74, 6) is -1.77. The van der Waals surface area contributed by atoms with Crippen molar-refractivity contribution in [2.75, 3.05) is 0 Å². The highest BCUT2D eigenvalue weighted by Gasteiger charge is 2.19. The van der Waals surface area contributed by atoms with Crippen LogP contribution < -0.4 is 0 Å². The fourth-order valence-electron chi connectivity index (χ4n) is 3.59. The number of benzene rings is 2. The molecule has 0 atom stereocenters. The Kier molecular flexibility index (Phi) is 4.17. The average Bonchev–Trinajstić information content (AvgIpc) is 3.38. The lowest BCUT2D eigenvalue weighted by molar-refractivity contribution is 0.509. The van der Waals surface area contributed by atoms with Crippen molar-refractivity contribution in [3.05, 3.63) is 96.6 Å². The number of rotatable bonds is 4. The van der Waals surface area contributed by atoms with Crippen molar-refractivity contribution >= 4 is 11.0 Å². The predicted molar refractivity (Wildman–Crippen MR) is 108 cm³/mol. The number of nitrogens with zero attached hydrogens (tertiary/aromatic N) is 3. The normalized spacial score (nSPS) is 11.2. The average molecular weight is 386 g/mol. The monoisotopic (exact) mass is 386 g/mol. The van der Waals surface area contributed by atoms with E-state index in [0.717, 1.165) is 33.9 Å². The highest BCUT2D eigenvalue weighted by Crippen LogP contribution is 2.35. The number of nitrogens with one attached hydrogen (secondary N) is 1. The largest absolute Gasteiger partial charge is 0.346 e. The summed E-state index contributed by atoms with van der Waals surface area (Å²) in [5, 5.41) is 0.936. The lowest BCUT2D eigenvalue weighted by Crippen LogP contribution is -2.01. The summed E-state index contributed by atoms with van der Waals surface area (Å²) in [6.45, 7) is 0.598. The molecule has 0 fully saturated rings. The molecule has 0 saturated carbocycles. The quantitative estimate of drug-likeness (QED) is 0.448. The molecule has 0 aliphatic carbocycles. The summed E-state index contributed by atoms with van der Waals surface area (Å²) in [7, 11) is 0. The zero-order valence-electron chi connectivity index (χ0n) is 15.3. The minimum absolute atomic E-state index is 0.520. The van der Waals surface area contributed by atoms with Gasteiger partial charge in [-0.1, -0.05) is 30.3 Å². The Morgan fingerprint density at radius 2 is 1.76 bits per heavy atom. The second kappa shape index (κ2) is 6.98. The molecule has 0 radical (unpaired) electrons. The number of hydrogen-bond acceptors (Lipinski definition) is 2. The van der Waals surface area contributed by atoms with Crippen LogP contribution in [0.25, 0.3) is 33.5 Å². The third kappa shape index (κ3) is 3.08. The first-order chi connectivity index (χ1) is 14.2. The van der Waals surface area contributed by atoms with Gasteiger partial charge in [0.2, 0.25) is 0 Å². The van der Waals surface area contributed by atoms with E-state index in [1.54, 1.807) is 18.6 Å². The van der Waals surface area contributed by atoms with Gasteiger partial charge >= 0.3 is 0 Å². The summed E-state index contributed by atoms with van der Waals surface area (Å²) in [5.41, 5.74) is 4.73. The van der Waals surface area contributed by atoms with Crippen LogP contribution >= 0.6 is 0 Å². The van der Waals surface area contributed by atoms with Gasteiger partial charge in [0.25, 0.3) is 0 Å². The summed E-state index contributed by atoms with van der Waals surface area (Å²) in [6.07, 6.45) is 5.29. The van der Waals surface area contributed by atoms with Crippen molar-refractivity contribution in [3.63, 3.8) is 0 Å². The van der Waals surface area contributed by atoms with Gasteiger partial charge in [-0.25, -0.2) is 18.7 Å².